The monoisotopic (exact) mass is 502 g/mol. The van der Waals surface area contributed by atoms with Crippen molar-refractivity contribution < 1.29 is 9.59 Å². The van der Waals surface area contributed by atoms with E-state index in [1.165, 1.54) is 0 Å². The van der Waals surface area contributed by atoms with E-state index in [9.17, 15) is 9.59 Å². The average Bonchev–Trinajstić information content (AvgIpc) is 3.21. The lowest BCUT2D eigenvalue weighted by Gasteiger charge is -2.25. The minimum absolute atomic E-state index is 0.00519. The molecule has 6 nitrogen and oxygen atoms in total. The van der Waals surface area contributed by atoms with Gasteiger partial charge in [0.15, 0.2) is 0 Å². The number of benzene rings is 2. The molecular weight excluding hydrogens is 460 g/mol. The fourth-order valence-electron chi connectivity index (χ4n) is 4.10. The topological polar surface area (TPSA) is 67.2 Å². The molecule has 198 valence electrons. The summed E-state index contributed by atoms with van der Waals surface area (Å²) in [5.41, 5.74) is 4.42. The molecule has 0 saturated carbocycles. The Morgan fingerprint density at radius 1 is 0.946 bits per heavy atom. The van der Waals surface area contributed by atoms with Crippen molar-refractivity contribution in [1.29, 1.82) is 0 Å². The van der Waals surface area contributed by atoms with E-state index in [4.69, 9.17) is 5.10 Å². The number of aromatic nitrogens is 2. The molecule has 2 aromatic carbocycles. The lowest BCUT2D eigenvalue weighted by atomic mass is 9.86. The summed E-state index contributed by atoms with van der Waals surface area (Å²) in [6, 6.07) is 17.6. The van der Waals surface area contributed by atoms with Crippen molar-refractivity contribution >= 4 is 17.6 Å². The van der Waals surface area contributed by atoms with Gasteiger partial charge in [0.2, 0.25) is 5.91 Å². The molecule has 6 heteroatoms. The highest BCUT2D eigenvalue weighted by molar-refractivity contribution is 5.99. The van der Waals surface area contributed by atoms with Gasteiger partial charge in [-0.15, -0.1) is 0 Å². The second-order valence-corrected chi connectivity index (χ2v) is 12.4. The maximum atomic E-state index is 13.4. The van der Waals surface area contributed by atoms with E-state index in [-0.39, 0.29) is 35.1 Å². The first-order valence-electron chi connectivity index (χ1n) is 13.0. The number of rotatable bonds is 7. The maximum Gasteiger partial charge on any atom is 0.254 e. The largest absolute Gasteiger partial charge is 0.329 e. The molecule has 1 N–H and O–H groups in total. The minimum atomic E-state index is -0.255. The van der Waals surface area contributed by atoms with Gasteiger partial charge in [0.25, 0.3) is 5.91 Å². The smallest absolute Gasteiger partial charge is 0.254 e. The summed E-state index contributed by atoms with van der Waals surface area (Å²) in [7, 11) is 0. The number of amides is 2. The molecular formula is C31H42N4O2. The van der Waals surface area contributed by atoms with Crippen LogP contribution in [0.3, 0.4) is 0 Å². The predicted octanol–water partition coefficient (Wildman–Crippen LogP) is 6.51. The van der Waals surface area contributed by atoms with E-state index in [2.05, 4.69) is 46.9 Å². The Morgan fingerprint density at radius 2 is 1.59 bits per heavy atom. The highest BCUT2D eigenvalue weighted by Gasteiger charge is 2.24. The zero-order valence-corrected chi connectivity index (χ0v) is 23.8. The summed E-state index contributed by atoms with van der Waals surface area (Å²) >= 11 is 0. The molecule has 0 unspecified atom stereocenters. The van der Waals surface area contributed by atoms with Crippen LogP contribution in [0.2, 0.25) is 0 Å². The predicted molar refractivity (Wildman–Crippen MR) is 152 cm³/mol. The number of carbonyl (C=O) groups excluding carboxylic acids is 2. The van der Waals surface area contributed by atoms with Gasteiger partial charge in [-0.25, -0.2) is 4.68 Å². The van der Waals surface area contributed by atoms with E-state index in [1.807, 2.05) is 75.4 Å². The second-order valence-electron chi connectivity index (χ2n) is 12.4. The maximum absolute atomic E-state index is 13.4. The molecule has 0 bridgehead atoms. The Bertz CT molecular complexity index is 1240. The van der Waals surface area contributed by atoms with Crippen LogP contribution >= 0.6 is 0 Å². The minimum Gasteiger partial charge on any atom is -0.329 e. The fourth-order valence-corrected chi connectivity index (χ4v) is 4.10. The van der Waals surface area contributed by atoms with Gasteiger partial charge in [0.05, 0.1) is 11.4 Å². The zero-order valence-electron chi connectivity index (χ0n) is 23.8. The quantitative estimate of drug-likeness (QED) is 0.400. The van der Waals surface area contributed by atoms with Gasteiger partial charge in [0.1, 0.15) is 12.4 Å². The molecule has 37 heavy (non-hydrogen) atoms. The summed E-state index contributed by atoms with van der Waals surface area (Å²) < 4.78 is 1.77. The van der Waals surface area contributed by atoms with E-state index in [1.54, 1.807) is 9.58 Å². The molecule has 1 aromatic heterocycles. The number of nitrogens with zero attached hydrogens (tertiary/aromatic N) is 3. The third kappa shape index (κ3) is 7.31. The van der Waals surface area contributed by atoms with Crippen LogP contribution in [0.15, 0.2) is 54.6 Å². The van der Waals surface area contributed by atoms with Crippen molar-refractivity contribution in [2.24, 2.45) is 5.92 Å². The van der Waals surface area contributed by atoms with Crippen LogP contribution in [0.5, 0.6) is 0 Å². The summed E-state index contributed by atoms with van der Waals surface area (Å²) in [5, 5.41) is 7.83. The van der Waals surface area contributed by atoms with Gasteiger partial charge in [-0.2, -0.15) is 5.10 Å². The Hall–Kier alpha value is -3.41. The van der Waals surface area contributed by atoms with Gasteiger partial charge in [-0.1, -0.05) is 79.7 Å². The molecule has 0 aliphatic rings. The number of aryl methyl sites for hydroxylation is 1. The van der Waals surface area contributed by atoms with Crippen molar-refractivity contribution in [3.05, 3.63) is 77.0 Å². The molecule has 0 radical (unpaired) electrons. The van der Waals surface area contributed by atoms with Gasteiger partial charge in [0, 0.05) is 23.6 Å². The molecule has 2 amide bonds. The molecule has 1 heterocycles. The molecule has 3 aromatic rings. The lowest BCUT2D eigenvalue weighted by molar-refractivity contribution is -0.117. The van der Waals surface area contributed by atoms with Gasteiger partial charge < -0.3 is 10.2 Å². The summed E-state index contributed by atoms with van der Waals surface area (Å²) in [6.45, 7) is 19.3. The average molecular weight is 503 g/mol. The second kappa shape index (κ2) is 10.9. The first-order chi connectivity index (χ1) is 17.1. The molecule has 0 fully saturated rings. The number of hydrogen-bond acceptors (Lipinski definition) is 3. The van der Waals surface area contributed by atoms with Crippen molar-refractivity contribution in [3.63, 3.8) is 0 Å². The first kappa shape index (κ1) is 28.2. The number of nitrogens with one attached hydrogen (secondary N) is 1. The third-order valence-electron chi connectivity index (χ3n) is 6.20. The Balaban J connectivity index is 1.86. The number of carbonyl (C=O) groups is 2. The third-order valence-corrected chi connectivity index (χ3v) is 6.20. The lowest BCUT2D eigenvalue weighted by Crippen LogP contribution is -2.40. The van der Waals surface area contributed by atoms with Crippen molar-refractivity contribution in [2.45, 2.75) is 73.1 Å². The van der Waals surface area contributed by atoms with Gasteiger partial charge >= 0.3 is 0 Å². The molecule has 3 rings (SSSR count). The van der Waals surface area contributed by atoms with Crippen LogP contribution in [0.25, 0.3) is 5.69 Å². The first-order valence-corrected chi connectivity index (χ1v) is 13.0. The number of anilines is 1. The number of hydrogen-bond donors (Lipinski definition) is 1. The normalized spacial score (nSPS) is 12.1. The van der Waals surface area contributed by atoms with Crippen LogP contribution in [0.1, 0.15) is 82.6 Å². The molecule has 0 spiro atoms. The van der Waals surface area contributed by atoms with Crippen LogP contribution in [-0.4, -0.2) is 39.6 Å². The fraction of sp³-hybridized carbons (Fsp3) is 0.452. The van der Waals surface area contributed by atoms with Crippen molar-refractivity contribution in [1.82, 2.24) is 14.7 Å². The summed E-state index contributed by atoms with van der Waals surface area (Å²) in [4.78, 5) is 28.3. The summed E-state index contributed by atoms with van der Waals surface area (Å²) in [6.07, 6.45) is 0. The highest BCUT2D eigenvalue weighted by Crippen LogP contribution is 2.27. The van der Waals surface area contributed by atoms with Crippen LogP contribution in [0.4, 0.5) is 5.82 Å². The van der Waals surface area contributed by atoms with Crippen LogP contribution in [0, 0.1) is 12.8 Å². The van der Waals surface area contributed by atoms with Crippen molar-refractivity contribution in [3.8, 4) is 5.69 Å². The van der Waals surface area contributed by atoms with E-state index in [0.717, 1.165) is 22.5 Å². The Morgan fingerprint density at radius 3 is 2.14 bits per heavy atom. The summed E-state index contributed by atoms with van der Waals surface area (Å²) in [5.74, 6) is 0.407. The molecule has 0 atom stereocenters. The molecule has 0 aliphatic carbocycles. The van der Waals surface area contributed by atoms with Gasteiger partial charge in [-0.3, -0.25) is 9.59 Å². The van der Waals surface area contributed by atoms with Crippen LogP contribution in [-0.2, 0) is 15.6 Å². The zero-order chi connectivity index (χ0) is 27.5. The SMILES string of the molecule is Cc1cccc(-n2nc(C(C)(C)C)cc2NC(=O)CN(CC(C)C)C(=O)c2ccc(C(C)(C)C)cc2)c1. The Kier molecular flexibility index (Phi) is 8.31. The molecule has 0 saturated heterocycles. The molecule has 0 aliphatic heterocycles. The van der Waals surface area contributed by atoms with Crippen LogP contribution < -0.4 is 5.32 Å². The van der Waals surface area contributed by atoms with Gasteiger partial charge in [-0.05, 0) is 53.6 Å². The van der Waals surface area contributed by atoms with E-state index in [0.29, 0.717) is 17.9 Å². The highest BCUT2D eigenvalue weighted by atomic mass is 16.2. The Labute approximate surface area is 222 Å². The van der Waals surface area contributed by atoms with Crippen molar-refractivity contribution in [2.75, 3.05) is 18.4 Å². The van der Waals surface area contributed by atoms with E-state index < -0.39 is 0 Å². The standard InChI is InChI=1S/C31H42N4O2/c1-21(2)19-34(29(37)23-13-15-24(16-14-23)30(4,5)6)20-28(36)32-27-18-26(31(7,8)9)33-35(27)25-12-10-11-22(3)17-25/h10-18,21H,19-20H2,1-9H3,(H,32,36). The van der Waals surface area contributed by atoms with E-state index >= 15 is 0 Å².